The third kappa shape index (κ3) is 3.14. The molecule has 0 spiro atoms. The molecule has 1 aromatic carbocycles. The number of hydrogen-bond acceptors (Lipinski definition) is 4. The molecule has 5 nitrogen and oxygen atoms in total. The van der Waals surface area contributed by atoms with E-state index in [-0.39, 0.29) is 0 Å². The van der Waals surface area contributed by atoms with Gasteiger partial charge in [-0.15, -0.1) is 0 Å². The molecule has 0 bridgehead atoms. The summed E-state index contributed by atoms with van der Waals surface area (Å²) in [6.07, 6.45) is 5.71. The van der Waals surface area contributed by atoms with Crippen molar-refractivity contribution in [3.63, 3.8) is 0 Å². The van der Waals surface area contributed by atoms with Gasteiger partial charge in [-0.2, -0.15) is 0 Å². The summed E-state index contributed by atoms with van der Waals surface area (Å²) in [7, 11) is 6.37. The predicted molar refractivity (Wildman–Crippen MR) is 85.2 cm³/mol. The molecule has 0 atom stereocenters. The quantitative estimate of drug-likeness (QED) is 0.797. The first-order valence-electron chi connectivity index (χ1n) is 6.74. The van der Waals surface area contributed by atoms with Crippen molar-refractivity contribution >= 4 is 18.1 Å². The molecule has 22 heavy (non-hydrogen) atoms. The van der Waals surface area contributed by atoms with Gasteiger partial charge in [0, 0.05) is 25.0 Å². The number of benzene rings is 1. The summed E-state index contributed by atoms with van der Waals surface area (Å²) in [6, 6.07) is 7.36. The summed E-state index contributed by atoms with van der Waals surface area (Å²) in [4.78, 5) is 12.1. The third-order valence-electron chi connectivity index (χ3n) is 3.37. The van der Waals surface area contributed by atoms with Gasteiger partial charge < -0.3 is 18.8 Å². The third-order valence-corrected chi connectivity index (χ3v) is 3.37. The lowest BCUT2D eigenvalue weighted by molar-refractivity contribution is 0.0597. The molecule has 0 radical (unpaired) electrons. The highest BCUT2D eigenvalue weighted by Crippen LogP contribution is 2.30. The smallest absolute Gasteiger partial charge is 0.342 e. The van der Waals surface area contributed by atoms with E-state index < -0.39 is 5.97 Å². The molecule has 0 saturated heterocycles. The lowest BCUT2D eigenvalue weighted by Gasteiger charge is -2.12. The molecule has 0 N–H and O–H groups in total. The Morgan fingerprint density at radius 3 is 2.45 bits per heavy atom. The van der Waals surface area contributed by atoms with E-state index in [1.807, 2.05) is 42.1 Å². The van der Waals surface area contributed by atoms with E-state index in [0.717, 1.165) is 5.69 Å². The van der Waals surface area contributed by atoms with E-state index in [1.54, 1.807) is 19.2 Å². The molecular formula is C17H19NO4. The highest BCUT2D eigenvalue weighted by atomic mass is 16.5. The van der Waals surface area contributed by atoms with Crippen LogP contribution >= 0.6 is 0 Å². The lowest BCUT2D eigenvalue weighted by atomic mass is 10.0. The standard InChI is InChI=1S/C17H19NO4/c1-18-9-5-6-13(18)8-7-12-10-14(20-2)11-15(21-3)16(12)17(19)22-4/h5-11H,1-4H3/b8-7+. The molecule has 0 fully saturated rings. The minimum Gasteiger partial charge on any atom is -0.497 e. The molecule has 0 aliphatic rings. The van der Waals surface area contributed by atoms with Crippen molar-refractivity contribution in [1.82, 2.24) is 4.57 Å². The average molecular weight is 301 g/mol. The first kappa shape index (κ1) is 15.7. The molecule has 5 heteroatoms. The molecule has 0 amide bonds. The van der Waals surface area contributed by atoms with Gasteiger partial charge in [0.2, 0.25) is 0 Å². The van der Waals surface area contributed by atoms with Gasteiger partial charge in [0.1, 0.15) is 17.1 Å². The largest absolute Gasteiger partial charge is 0.497 e. The first-order chi connectivity index (χ1) is 10.6. The average Bonchev–Trinajstić information content (AvgIpc) is 2.96. The number of carbonyl (C=O) groups is 1. The van der Waals surface area contributed by atoms with Gasteiger partial charge in [0.25, 0.3) is 0 Å². The van der Waals surface area contributed by atoms with Gasteiger partial charge in [-0.05, 0) is 29.8 Å². The molecule has 1 heterocycles. The number of nitrogens with zero attached hydrogens (tertiary/aromatic N) is 1. The Kier molecular flexibility index (Phi) is 4.88. The molecule has 2 aromatic rings. The van der Waals surface area contributed by atoms with Crippen LogP contribution in [0.3, 0.4) is 0 Å². The second-order valence-corrected chi connectivity index (χ2v) is 4.66. The van der Waals surface area contributed by atoms with Crippen LogP contribution in [0.4, 0.5) is 0 Å². The maximum atomic E-state index is 12.1. The maximum absolute atomic E-state index is 12.1. The van der Waals surface area contributed by atoms with Gasteiger partial charge in [-0.1, -0.05) is 6.08 Å². The normalized spacial score (nSPS) is 10.7. The summed E-state index contributed by atoms with van der Waals surface area (Å²) >= 11 is 0. The second kappa shape index (κ2) is 6.85. The number of carbonyl (C=O) groups excluding carboxylic acids is 1. The van der Waals surface area contributed by atoms with Crippen molar-refractivity contribution in [1.29, 1.82) is 0 Å². The Balaban J connectivity index is 2.54. The van der Waals surface area contributed by atoms with E-state index in [2.05, 4.69) is 0 Å². The summed E-state index contributed by atoms with van der Waals surface area (Å²) in [5.41, 5.74) is 2.05. The van der Waals surface area contributed by atoms with Crippen LogP contribution in [0, 0.1) is 0 Å². The van der Waals surface area contributed by atoms with Gasteiger partial charge in [0.15, 0.2) is 0 Å². The first-order valence-corrected chi connectivity index (χ1v) is 6.74. The number of aryl methyl sites for hydroxylation is 1. The Bertz CT molecular complexity index is 701. The van der Waals surface area contributed by atoms with Crippen molar-refractivity contribution in [3.8, 4) is 11.5 Å². The Labute approximate surface area is 129 Å². The van der Waals surface area contributed by atoms with Gasteiger partial charge in [-0.3, -0.25) is 0 Å². The van der Waals surface area contributed by atoms with E-state index in [4.69, 9.17) is 14.2 Å². The highest BCUT2D eigenvalue weighted by Gasteiger charge is 2.18. The fourth-order valence-corrected chi connectivity index (χ4v) is 2.16. The van der Waals surface area contributed by atoms with Crippen LogP contribution in [-0.4, -0.2) is 31.9 Å². The topological polar surface area (TPSA) is 49.7 Å². The minimum atomic E-state index is -0.453. The van der Waals surface area contributed by atoms with E-state index >= 15 is 0 Å². The summed E-state index contributed by atoms with van der Waals surface area (Å²) < 4.78 is 17.4. The Hall–Kier alpha value is -2.69. The van der Waals surface area contributed by atoms with Gasteiger partial charge >= 0.3 is 5.97 Å². The van der Waals surface area contributed by atoms with Gasteiger partial charge in [0.05, 0.1) is 21.3 Å². The van der Waals surface area contributed by atoms with E-state index in [9.17, 15) is 4.79 Å². The molecule has 0 aliphatic carbocycles. The number of methoxy groups -OCH3 is 3. The van der Waals surface area contributed by atoms with Crippen LogP contribution in [0.1, 0.15) is 21.6 Å². The summed E-state index contributed by atoms with van der Waals surface area (Å²) in [5.74, 6) is 0.569. The van der Waals surface area contributed by atoms with E-state index in [0.29, 0.717) is 22.6 Å². The lowest BCUT2D eigenvalue weighted by Crippen LogP contribution is -2.07. The monoisotopic (exact) mass is 301 g/mol. The predicted octanol–water partition coefficient (Wildman–Crippen LogP) is 3.00. The SMILES string of the molecule is COC(=O)c1c(/C=C/c2cccn2C)cc(OC)cc1OC. The van der Waals surface area contributed by atoms with Crippen LogP contribution in [0.25, 0.3) is 12.2 Å². The number of aromatic nitrogens is 1. The number of rotatable bonds is 5. The Morgan fingerprint density at radius 2 is 1.91 bits per heavy atom. The summed E-state index contributed by atoms with van der Waals surface area (Å²) in [5, 5.41) is 0. The van der Waals surface area contributed by atoms with Crippen molar-refractivity contribution in [2.75, 3.05) is 21.3 Å². The van der Waals surface area contributed by atoms with Crippen molar-refractivity contribution in [3.05, 3.63) is 47.3 Å². The van der Waals surface area contributed by atoms with Crippen LogP contribution in [0.2, 0.25) is 0 Å². The highest BCUT2D eigenvalue weighted by molar-refractivity contribution is 5.98. The van der Waals surface area contributed by atoms with Crippen molar-refractivity contribution < 1.29 is 19.0 Å². The molecule has 116 valence electrons. The summed E-state index contributed by atoms with van der Waals surface area (Å²) in [6.45, 7) is 0. The fourth-order valence-electron chi connectivity index (χ4n) is 2.16. The van der Waals surface area contributed by atoms with Gasteiger partial charge in [-0.25, -0.2) is 4.79 Å². The maximum Gasteiger partial charge on any atom is 0.342 e. The number of esters is 1. The van der Waals surface area contributed by atoms with Crippen molar-refractivity contribution in [2.45, 2.75) is 0 Å². The fraction of sp³-hybridized carbons (Fsp3) is 0.235. The van der Waals surface area contributed by atoms with Crippen LogP contribution in [0.15, 0.2) is 30.5 Å². The van der Waals surface area contributed by atoms with Crippen molar-refractivity contribution in [2.24, 2.45) is 7.05 Å². The van der Waals surface area contributed by atoms with Crippen LogP contribution < -0.4 is 9.47 Å². The minimum absolute atomic E-state index is 0.372. The molecule has 2 rings (SSSR count). The zero-order valence-corrected chi connectivity index (χ0v) is 13.1. The zero-order valence-electron chi connectivity index (χ0n) is 13.1. The molecule has 1 aromatic heterocycles. The Morgan fingerprint density at radius 1 is 1.14 bits per heavy atom. The molecule has 0 saturated carbocycles. The number of hydrogen-bond donors (Lipinski definition) is 0. The second-order valence-electron chi connectivity index (χ2n) is 4.66. The zero-order chi connectivity index (χ0) is 16.1. The molecular weight excluding hydrogens is 282 g/mol. The van der Waals surface area contributed by atoms with Crippen LogP contribution in [-0.2, 0) is 11.8 Å². The molecule has 0 aliphatic heterocycles. The molecule has 0 unspecified atom stereocenters. The van der Waals surface area contributed by atoms with Crippen LogP contribution in [0.5, 0.6) is 11.5 Å². The number of ether oxygens (including phenoxy) is 3. The van der Waals surface area contributed by atoms with E-state index in [1.165, 1.54) is 14.2 Å².